The number of halogens is 1. The molecule has 5 rings (SSSR count). The van der Waals surface area contributed by atoms with E-state index in [2.05, 4.69) is 26.7 Å². The lowest BCUT2D eigenvalue weighted by Crippen LogP contribution is -2.23. The number of nitrogens with zero attached hydrogens (tertiary/aromatic N) is 4. The van der Waals surface area contributed by atoms with Gasteiger partial charge in [0.1, 0.15) is 24.2 Å². The van der Waals surface area contributed by atoms with Crippen LogP contribution in [0.2, 0.25) is 5.02 Å². The fourth-order valence-electron chi connectivity index (χ4n) is 4.89. The predicted octanol–water partition coefficient (Wildman–Crippen LogP) is 5.44. The van der Waals surface area contributed by atoms with Crippen LogP contribution in [0.5, 0.6) is 11.5 Å². The van der Waals surface area contributed by atoms with Gasteiger partial charge in [-0.25, -0.2) is 0 Å². The number of ether oxygens (including phenoxy) is 2. The number of amides is 1. The number of rotatable bonds is 10. The summed E-state index contributed by atoms with van der Waals surface area (Å²) in [5.74, 6) is 0.600. The van der Waals surface area contributed by atoms with E-state index in [-0.39, 0.29) is 18.6 Å². The van der Waals surface area contributed by atoms with Crippen LogP contribution >= 0.6 is 11.6 Å². The van der Waals surface area contributed by atoms with Crippen LogP contribution in [0.25, 0.3) is 10.9 Å². The highest BCUT2D eigenvalue weighted by molar-refractivity contribution is 6.32. The summed E-state index contributed by atoms with van der Waals surface area (Å²) in [6.07, 6.45) is 6.58. The second-order valence-electron chi connectivity index (χ2n) is 10.1. The first-order valence-electron chi connectivity index (χ1n) is 13.8. The Hall–Kier alpha value is -4.69. The van der Waals surface area contributed by atoms with Gasteiger partial charge in [0.25, 0.3) is 0 Å². The average molecular weight is 599 g/mol. The maximum atomic E-state index is 12.9. The zero-order valence-corrected chi connectivity index (χ0v) is 24.5. The third-order valence-electron chi connectivity index (χ3n) is 7.00. The van der Waals surface area contributed by atoms with E-state index in [1.54, 1.807) is 42.6 Å². The van der Waals surface area contributed by atoms with Crippen molar-refractivity contribution in [3.63, 3.8) is 0 Å². The van der Waals surface area contributed by atoms with Crippen LogP contribution in [0.4, 0.5) is 17.1 Å². The third-order valence-corrected chi connectivity index (χ3v) is 7.29. The number of nitrogens with one attached hydrogen (secondary N) is 2. The number of carbonyl (C=O) groups excluding carboxylic acids is 1. The molecule has 0 radical (unpaired) electrons. The molecule has 2 atom stereocenters. The van der Waals surface area contributed by atoms with E-state index >= 15 is 0 Å². The molecular formula is C32H31ClN6O4. The van der Waals surface area contributed by atoms with E-state index in [1.165, 1.54) is 12.3 Å². The molecule has 3 heterocycles. The van der Waals surface area contributed by atoms with Gasteiger partial charge in [-0.1, -0.05) is 23.7 Å². The summed E-state index contributed by atoms with van der Waals surface area (Å²) in [5, 5.41) is 27.0. The minimum Gasteiger partial charge on any atom is -0.492 e. The van der Waals surface area contributed by atoms with Gasteiger partial charge in [0.15, 0.2) is 0 Å². The maximum Gasteiger partial charge on any atom is 0.248 e. The summed E-state index contributed by atoms with van der Waals surface area (Å²) >= 11 is 6.54. The molecule has 11 heteroatoms. The molecular weight excluding hydrogens is 568 g/mol. The van der Waals surface area contributed by atoms with Gasteiger partial charge in [-0.15, -0.1) is 0 Å². The van der Waals surface area contributed by atoms with Crippen molar-refractivity contribution in [2.75, 3.05) is 30.8 Å². The Kier molecular flexibility index (Phi) is 9.37. The average Bonchev–Trinajstić information content (AvgIpc) is 3.33. The van der Waals surface area contributed by atoms with E-state index in [0.29, 0.717) is 69.6 Å². The largest absolute Gasteiger partial charge is 0.492 e. The third kappa shape index (κ3) is 7.21. The van der Waals surface area contributed by atoms with Gasteiger partial charge in [-0.2, -0.15) is 5.26 Å². The molecule has 1 saturated heterocycles. The van der Waals surface area contributed by atoms with Crippen molar-refractivity contribution in [2.24, 2.45) is 0 Å². The molecule has 0 spiro atoms. The Morgan fingerprint density at radius 3 is 2.77 bits per heavy atom. The number of likely N-dealkylation sites (tertiary alicyclic amines) is 1. The van der Waals surface area contributed by atoms with Crippen LogP contribution in [0, 0.1) is 11.3 Å². The standard InChI is InChI=1S/C32H31ClN6O4/c1-3-42-30-15-27-25(14-28(30)38-31(41)10-8-23-13-24(40)18-39(23)2)32(20(16-34)17-36-27)37-21-7-9-29(26(33)12-21)43-19-22-6-4-5-11-35-22/h4-12,14-15,17,23-24,40H,3,13,18-19H2,1-2H3,(H,36,37)(H,38,41)/b10-8+/t23?,24-/m1/s1. The molecule has 1 amide bonds. The number of β-amino-alcohol motifs (C(OH)–C–C–N with tert-alkyl or cyclic N) is 1. The first-order chi connectivity index (χ1) is 20.8. The van der Waals surface area contributed by atoms with E-state index < -0.39 is 6.10 Å². The molecule has 1 unspecified atom stereocenters. The van der Waals surface area contributed by atoms with Crippen LogP contribution in [-0.4, -0.2) is 58.2 Å². The molecule has 43 heavy (non-hydrogen) atoms. The molecule has 2 aromatic carbocycles. The minimum absolute atomic E-state index is 0.0273. The van der Waals surface area contributed by atoms with Gasteiger partial charge < -0.3 is 25.2 Å². The molecule has 220 valence electrons. The van der Waals surface area contributed by atoms with Crippen molar-refractivity contribution in [1.29, 1.82) is 5.26 Å². The highest BCUT2D eigenvalue weighted by Gasteiger charge is 2.26. The number of benzene rings is 2. The Bertz CT molecular complexity index is 1690. The first-order valence-corrected chi connectivity index (χ1v) is 14.2. The summed E-state index contributed by atoms with van der Waals surface area (Å²) in [6, 6.07) is 16.5. The van der Waals surface area contributed by atoms with E-state index in [1.807, 2.05) is 37.1 Å². The monoisotopic (exact) mass is 598 g/mol. The Balaban J connectivity index is 1.41. The van der Waals surface area contributed by atoms with E-state index in [4.69, 9.17) is 21.1 Å². The Morgan fingerprint density at radius 1 is 1.21 bits per heavy atom. The second-order valence-corrected chi connectivity index (χ2v) is 10.5. The normalized spacial score (nSPS) is 16.7. The molecule has 2 aromatic heterocycles. The van der Waals surface area contributed by atoms with Crippen molar-refractivity contribution in [1.82, 2.24) is 14.9 Å². The molecule has 10 nitrogen and oxygen atoms in total. The second kappa shape index (κ2) is 13.5. The molecule has 1 fully saturated rings. The maximum absolute atomic E-state index is 12.9. The Labute approximate surface area is 254 Å². The fourth-order valence-corrected chi connectivity index (χ4v) is 5.12. The van der Waals surface area contributed by atoms with Crippen molar-refractivity contribution in [3.8, 4) is 17.6 Å². The van der Waals surface area contributed by atoms with Crippen molar-refractivity contribution in [2.45, 2.75) is 32.1 Å². The topological polar surface area (TPSA) is 133 Å². The number of aliphatic hydroxyl groups is 1. The molecule has 0 saturated carbocycles. The quantitative estimate of drug-likeness (QED) is 0.204. The number of carbonyl (C=O) groups is 1. The summed E-state index contributed by atoms with van der Waals surface area (Å²) in [4.78, 5) is 23.6. The van der Waals surface area contributed by atoms with Crippen LogP contribution in [0.15, 0.2) is 73.1 Å². The van der Waals surface area contributed by atoms with Gasteiger partial charge in [-0.05, 0) is 56.8 Å². The van der Waals surface area contributed by atoms with Gasteiger partial charge in [0, 0.05) is 48.2 Å². The van der Waals surface area contributed by atoms with Gasteiger partial charge in [-0.3, -0.25) is 19.7 Å². The number of nitriles is 1. The number of pyridine rings is 2. The van der Waals surface area contributed by atoms with E-state index in [9.17, 15) is 15.2 Å². The predicted molar refractivity (Wildman–Crippen MR) is 166 cm³/mol. The van der Waals surface area contributed by atoms with Crippen molar-refractivity contribution >= 4 is 45.5 Å². The number of aromatic nitrogens is 2. The summed E-state index contributed by atoms with van der Waals surface area (Å²) in [5.41, 5.74) is 3.22. The lowest BCUT2D eigenvalue weighted by molar-refractivity contribution is -0.112. The highest BCUT2D eigenvalue weighted by Crippen LogP contribution is 2.37. The summed E-state index contributed by atoms with van der Waals surface area (Å²) in [6.45, 7) is 3.06. The SMILES string of the molecule is CCOc1cc2ncc(C#N)c(Nc3ccc(OCc4ccccn4)c(Cl)c3)c2cc1NC(=O)/C=C/C1C[C@@H](O)CN1C. The molecule has 4 aromatic rings. The van der Waals surface area contributed by atoms with Gasteiger partial charge >= 0.3 is 0 Å². The summed E-state index contributed by atoms with van der Waals surface area (Å²) in [7, 11) is 1.91. The van der Waals surface area contributed by atoms with Crippen molar-refractivity contribution in [3.05, 3.63) is 89.4 Å². The number of fused-ring (bicyclic) bond motifs is 1. The lowest BCUT2D eigenvalue weighted by atomic mass is 10.1. The van der Waals surface area contributed by atoms with E-state index in [0.717, 1.165) is 5.69 Å². The van der Waals surface area contributed by atoms with Crippen LogP contribution in [0.1, 0.15) is 24.6 Å². The molecule has 3 N–H and O–H groups in total. The Morgan fingerprint density at radius 2 is 2.07 bits per heavy atom. The number of hydrogen-bond acceptors (Lipinski definition) is 9. The van der Waals surface area contributed by atoms with Crippen LogP contribution < -0.4 is 20.1 Å². The zero-order chi connectivity index (χ0) is 30.3. The van der Waals surface area contributed by atoms with Crippen LogP contribution in [0.3, 0.4) is 0 Å². The number of hydrogen-bond donors (Lipinski definition) is 3. The first kappa shape index (κ1) is 29.8. The zero-order valence-electron chi connectivity index (χ0n) is 23.8. The van der Waals surface area contributed by atoms with Crippen LogP contribution in [-0.2, 0) is 11.4 Å². The van der Waals surface area contributed by atoms with Crippen molar-refractivity contribution < 1.29 is 19.4 Å². The minimum atomic E-state index is -0.411. The fraction of sp³-hybridized carbons (Fsp3) is 0.250. The van der Waals surface area contributed by atoms with Gasteiger partial charge in [0.05, 0.1) is 45.9 Å². The summed E-state index contributed by atoms with van der Waals surface area (Å²) < 4.78 is 11.6. The number of aliphatic hydroxyl groups excluding tert-OH is 1. The molecule has 1 aliphatic rings. The number of anilines is 3. The molecule has 1 aliphatic heterocycles. The number of likely N-dealkylation sites (N-methyl/N-ethyl adjacent to an activating group) is 1. The molecule has 0 aliphatic carbocycles. The van der Waals surface area contributed by atoms with Gasteiger partial charge in [0.2, 0.25) is 5.91 Å². The lowest BCUT2D eigenvalue weighted by Gasteiger charge is -2.17. The smallest absolute Gasteiger partial charge is 0.248 e. The molecule has 0 bridgehead atoms. The highest BCUT2D eigenvalue weighted by atomic mass is 35.5.